The van der Waals surface area contributed by atoms with Crippen molar-refractivity contribution in [2.24, 2.45) is 0 Å². The van der Waals surface area contributed by atoms with Crippen molar-refractivity contribution in [2.45, 2.75) is 20.3 Å². The smallest absolute Gasteiger partial charge is 0.339 e. The van der Waals surface area contributed by atoms with Gasteiger partial charge in [0.15, 0.2) is 23.3 Å². The summed E-state index contributed by atoms with van der Waals surface area (Å²) in [7, 11) is 0. The number of carbonyl (C=O) groups is 3. The maximum Gasteiger partial charge on any atom is 0.339 e. The number of hydrogen-bond donors (Lipinski definition) is 5. The lowest BCUT2D eigenvalue weighted by molar-refractivity contribution is 0.0682. The van der Waals surface area contributed by atoms with Crippen LogP contribution in [0.2, 0.25) is 0 Å². The van der Waals surface area contributed by atoms with E-state index >= 15 is 0 Å². The normalized spacial score (nSPS) is 10.5. The second kappa shape index (κ2) is 12.6. The molecule has 0 unspecified atom stereocenters. The average molecular weight is 548 g/mol. The second-order valence-electron chi connectivity index (χ2n) is 8.32. The average Bonchev–Trinajstić information content (AvgIpc) is 2.89. The zero-order valence-electron chi connectivity index (χ0n) is 20.8. The van der Waals surface area contributed by atoms with E-state index in [4.69, 9.17) is 9.84 Å². The predicted octanol–water partition coefficient (Wildman–Crippen LogP) is 4.91. The molecule has 0 aliphatic heterocycles. The molecule has 3 rings (SSSR count). The summed E-state index contributed by atoms with van der Waals surface area (Å²) in [6.07, 6.45) is 0.565. The fourth-order valence-electron chi connectivity index (χ4n) is 3.47. The SMILES string of the molecule is Cc1ccc(OCCCNC(=O)Nc2ccc(NNC(=O)c3c(F)c(F)c(F)c(F)c3C(=O)O)cc2)c(C)c1. The predicted molar refractivity (Wildman–Crippen MR) is 134 cm³/mol. The zero-order valence-corrected chi connectivity index (χ0v) is 20.8. The Hall–Kier alpha value is -4.81. The number of ether oxygens (including phenoxy) is 1. The Kier molecular flexibility index (Phi) is 9.31. The number of amides is 3. The summed E-state index contributed by atoms with van der Waals surface area (Å²) in [5.41, 5.74) is 3.70. The number of carboxylic acids is 1. The Labute approximate surface area is 220 Å². The maximum atomic E-state index is 14.1. The highest BCUT2D eigenvalue weighted by Crippen LogP contribution is 2.25. The van der Waals surface area contributed by atoms with Crippen LogP contribution in [0.3, 0.4) is 0 Å². The molecule has 0 aromatic heterocycles. The van der Waals surface area contributed by atoms with E-state index < -0.39 is 52.3 Å². The summed E-state index contributed by atoms with van der Waals surface area (Å²) in [6.45, 7) is 4.70. The third-order valence-electron chi connectivity index (χ3n) is 5.37. The standard InChI is InChI=1S/C26H24F4N4O5/c1-13-4-9-17(14(2)12-13)39-11-3-10-31-26(38)32-15-5-7-16(8-6-15)33-34-24(35)18-19(25(36)37)21(28)23(30)22(29)20(18)27/h4-9,12,33H,3,10-11H2,1-2H3,(H,34,35)(H,36,37)(H2,31,32,38). The van der Waals surface area contributed by atoms with Crippen molar-refractivity contribution in [3.63, 3.8) is 0 Å². The Bertz CT molecular complexity index is 1400. The van der Waals surface area contributed by atoms with Gasteiger partial charge in [0.2, 0.25) is 0 Å². The molecular weight excluding hydrogens is 524 g/mol. The monoisotopic (exact) mass is 548 g/mol. The molecule has 0 bridgehead atoms. The summed E-state index contributed by atoms with van der Waals surface area (Å²) in [6, 6.07) is 11.0. The van der Waals surface area contributed by atoms with Gasteiger partial charge < -0.3 is 20.5 Å². The van der Waals surface area contributed by atoms with Crippen LogP contribution in [0, 0.1) is 37.1 Å². The molecule has 0 saturated heterocycles. The molecule has 206 valence electrons. The number of carboxylic acid groups (broad SMARTS) is 1. The Morgan fingerprint density at radius 1 is 0.846 bits per heavy atom. The van der Waals surface area contributed by atoms with Crippen LogP contribution in [0.5, 0.6) is 5.75 Å². The number of hydrogen-bond acceptors (Lipinski definition) is 5. The van der Waals surface area contributed by atoms with Gasteiger partial charge >= 0.3 is 12.0 Å². The lowest BCUT2D eigenvalue weighted by Crippen LogP contribution is -2.33. The molecule has 3 aromatic carbocycles. The van der Waals surface area contributed by atoms with E-state index in [-0.39, 0.29) is 5.69 Å². The number of urea groups is 1. The molecule has 3 amide bonds. The van der Waals surface area contributed by atoms with E-state index in [2.05, 4.69) is 16.1 Å². The lowest BCUT2D eigenvalue weighted by atomic mass is 10.0. The number of nitrogens with one attached hydrogen (secondary N) is 4. The van der Waals surface area contributed by atoms with Crippen LogP contribution < -0.4 is 26.2 Å². The number of rotatable bonds is 10. The van der Waals surface area contributed by atoms with Gasteiger partial charge in [0.05, 0.1) is 17.9 Å². The molecule has 0 spiro atoms. The first kappa shape index (κ1) is 28.8. The van der Waals surface area contributed by atoms with Gasteiger partial charge in [-0.25, -0.2) is 27.2 Å². The van der Waals surface area contributed by atoms with Crippen molar-refractivity contribution < 1.29 is 41.8 Å². The van der Waals surface area contributed by atoms with Crippen LogP contribution in [-0.2, 0) is 0 Å². The van der Waals surface area contributed by atoms with Crippen LogP contribution >= 0.6 is 0 Å². The number of benzene rings is 3. The van der Waals surface area contributed by atoms with Crippen molar-refractivity contribution in [3.8, 4) is 5.75 Å². The van der Waals surface area contributed by atoms with Gasteiger partial charge in [0.1, 0.15) is 11.3 Å². The second-order valence-corrected chi connectivity index (χ2v) is 8.32. The highest BCUT2D eigenvalue weighted by Gasteiger charge is 2.32. The number of aryl methyl sites for hydroxylation is 2. The third kappa shape index (κ3) is 7.15. The minimum absolute atomic E-state index is 0.179. The van der Waals surface area contributed by atoms with Crippen LogP contribution in [0.25, 0.3) is 0 Å². The van der Waals surface area contributed by atoms with Gasteiger partial charge in [-0.15, -0.1) is 0 Å². The topological polar surface area (TPSA) is 129 Å². The van der Waals surface area contributed by atoms with Gasteiger partial charge in [0.25, 0.3) is 5.91 Å². The molecule has 0 aliphatic rings. The summed E-state index contributed by atoms with van der Waals surface area (Å²) < 4.78 is 60.5. The Morgan fingerprint density at radius 2 is 1.46 bits per heavy atom. The van der Waals surface area contributed by atoms with Crippen molar-refractivity contribution in [3.05, 3.63) is 88.0 Å². The van der Waals surface area contributed by atoms with Gasteiger partial charge in [-0.2, -0.15) is 0 Å². The van der Waals surface area contributed by atoms with Crippen LogP contribution in [0.1, 0.15) is 38.3 Å². The number of anilines is 2. The Morgan fingerprint density at radius 3 is 2.08 bits per heavy atom. The minimum atomic E-state index is -2.35. The summed E-state index contributed by atoms with van der Waals surface area (Å²) >= 11 is 0. The van der Waals surface area contributed by atoms with Crippen molar-refractivity contribution >= 4 is 29.3 Å². The summed E-state index contributed by atoms with van der Waals surface area (Å²) in [4.78, 5) is 35.5. The first-order valence-electron chi connectivity index (χ1n) is 11.5. The van der Waals surface area contributed by atoms with E-state index in [0.717, 1.165) is 16.9 Å². The van der Waals surface area contributed by atoms with Crippen LogP contribution in [0.15, 0.2) is 42.5 Å². The third-order valence-corrected chi connectivity index (χ3v) is 5.37. The van der Waals surface area contributed by atoms with Crippen LogP contribution in [-0.4, -0.2) is 36.2 Å². The largest absolute Gasteiger partial charge is 0.493 e. The molecule has 3 aromatic rings. The summed E-state index contributed by atoms with van der Waals surface area (Å²) in [5.74, 6) is -12.0. The summed E-state index contributed by atoms with van der Waals surface area (Å²) in [5, 5.41) is 14.3. The maximum absolute atomic E-state index is 14.1. The molecule has 13 heteroatoms. The number of halogens is 4. The van der Waals surface area contributed by atoms with Crippen molar-refractivity contribution in [2.75, 3.05) is 23.9 Å². The lowest BCUT2D eigenvalue weighted by Gasteiger charge is -2.13. The molecule has 0 fully saturated rings. The van der Waals surface area contributed by atoms with E-state index in [1.54, 1.807) is 0 Å². The van der Waals surface area contributed by atoms with E-state index in [1.807, 2.05) is 37.5 Å². The van der Waals surface area contributed by atoms with E-state index in [1.165, 1.54) is 24.3 Å². The molecule has 0 saturated carbocycles. The van der Waals surface area contributed by atoms with Crippen LogP contribution in [0.4, 0.5) is 33.7 Å². The fraction of sp³-hybridized carbons (Fsp3) is 0.192. The zero-order chi connectivity index (χ0) is 28.7. The van der Waals surface area contributed by atoms with Gasteiger partial charge in [0, 0.05) is 12.2 Å². The molecule has 0 heterocycles. The number of aromatic carboxylic acids is 1. The van der Waals surface area contributed by atoms with Gasteiger partial charge in [-0.05, 0) is 56.2 Å². The van der Waals surface area contributed by atoms with E-state index in [9.17, 15) is 31.9 Å². The first-order chi connectivity index (χ1) is 18.5. The molecule has 9 nitrogen and oxygen atoms in total. The van der Waals surface area contributed by atoms with Gasteiger partial charge in [-0.3, -0.25) is 15.6 Å². The highest BCUT2D eigenvalue weighted by molar-refractivity contribution is 6.05. The molecule has 0 aliphatic carbocycles. The first-order valence-corrected chi connectivity index (χ1v) is 11.5. The van der Waals surface area contributed by atoms with E-state index in [0.29, 0.717) is 25.3 Å². The molecule has 0 atom stereocenters. The van der Waals surface area contributed by atoms with Crippen molar-refractivity contribution in [1.82, 2.24) is 10.7 Å². The number of carbonyl (C=O) groups excluding carboxylic acids is 2. The highest BCUT2D eigenvalue weighted by atomic mass is 19.2. The fourth-order valence-corrected chi connectivity index (χ4v) is 3.47. The quantitative estimate of drug-likeness (QED) is 0.0806. The molecule has 5 N–H and O–H groups in total. The Balaban J connectivity index is 1.48. The number of hydrazine groups is 1. The molecule has 39 heavy (non-hydrogen) atoms. The molecular formula is C26H24F4N4O5. The molecule has 0 radical (unpaired) electrons. The minimum Gasteiger partial charge on any atom is -0.493 e. The van der Waals surface area contributed by atoms with Crippen molar-refractivity contribution in [1.29, 1.82) is 0 Å². The van der Waals surface area contributed by atoms with Gasteiger partial charge in [-0.1, -0.05) is 17.7 Å².